The molecule has 0 N–H and O–H groups in total. The third kappa shape index (κ3) is 3.97. The molecule has 218 valence electrons. The van der Waals surface area contributed by atoms with Crippen LogP contribution >= 0.6 is 0 Å². The Morgan fingerprint density at radius 2 is 0.936 bits per heavy atom. The molecule has 0 aliphatic heterocycles. The lowest BCUT2D eigenvalue weighted by Crippen LogP contribution is -1.91. The summed E-state index contributed by atoms with van der Waals surface area (Å²) in [4.78, 5) is 0. The zero-order valence-corrected chi connectivity index (χ0v) is 25.1. The molecule has 0 saturated carbocycles. The monoisotopic (exact) mass is 602 g/mol. The lowest BCUT2D eigenvalue weighted by Gasteiger charge is -2.18. The van der Waals surface area contributed by atoms with E-state index in [4.69, 9.17) is 11.3 Å². The highest BCUT2D eigenvalue weighted by atomic mass is 16.3. The summed E-state index contributed by atoms with van der Waals surface area (Å²) >= 11 is 0. The summed E-state index contributed by atoms with van der Waals surface area (Å²) in [6, 6.07) is 44.4. The molecule has 0 fully saturated rings. The van der Waals surface area contributed by atoms with Gasteiger partial charge in [-0.25, -0.2) is 0 Å². The van der Waals surface area contributed by atoms with E-state index < -0.39 is 12.1 Å². The number of hydrogen-bond donors (Lipinski definition) is 0. The number of rotatable bonds is 3. The van der Waals surface area contributed by atoms with Gasteiger partial charge >= 0.3 is 0 Å². The molecule has 9 aromatic carbocycles. The molecule has 10 aromatic rings. The van der Waals surface area contributed by atoms with Crippen molar-refractivity contribution in [2.75, 3.05) is 0 Å². The van der Waals surface area contributed by atoms with Gasteiger partial charge in [0.25, 0.3) is 0 Å². The van der Waals surface area contributed by atoms with E-state index in [9.17, 15) is 1.37 Å². The smallest absolute Gasteiger partial charge is 0.136 e. The first-order chi connectivity index (χ1) is 25.8. The Bertz CT molecular complexity index is 3130. The zero-order valence-electron chi connectivity index (χ0n) is 31.1. The van der Waals surface area contributed by atoms with Gasteiger partial charge in [-0.15, -0.1) is 0 Å². The van der Waals surface area contributed by atoms with Crippen LogP contribution in [0.15, 0.2) is 174 Å². The summed E-state index contributed by atoms with van der Waals surface area (Å²) in [5.74, 6) is 0. The summed E-state index contributed by atoms with van der Waals surface area (Å²) in [5, 5.41) is 7.48. The Hall–Kier alpha value is -6.18. The van der Waals surface area contributed by atoms with Crippen molar-refractivity contribution in [1.29, 1.82) is 0 Å². The number of furan rings is 1. The molecule has 0 atom stereocenters. The molecular weight excluding hydrogens is 569 g/mol. The predicted octanol–water partition coefficient (Wildman–Crippen LogP) is 13.2. The molecule has 1 aromatic heterocycles. The molecule has 1 heteroatoms. The van der Waals surface area contributed by atoms with E-state index in [0.717, 1.165) is 43.8 Å². The number of benzene rings is 9. The van der Waals surface area contributed by atoms with Gasteiger partial charge in [-0.05, 0) is 101 Å². The van der Waals surface area contributed by atoms with Crippen LogP contribution in [0.1, 0.15) is 8.22 Å². The molecule has 10 rings (SSSR count). The second kappa shape index (κ2) is 10.2. The van der Waals surface area contributed by atoms with E-state index in [2.05, 4.69) is 97.1 Å². The fraction of sp³-hybridized carbons (Fsp3) is 0. The number of hydrogen-bond acceptors (Lipinski definition) is 1. The van der Waals surface area contributed by atoms with Crippen molar-refractivity contribution in [3.63, 3.8) is 0 Å². The van der Waals surface area contributed by atoms with Crippen LogP contribution < -0.4 is 0 Å². The van der Waals surface area contributed by atoms with Crippen LogP contribution in [-0.4, -0.2) is 0 Å². The van der Waals surface area contributed by atoms with E-state index in [1.807, 2.05) is 36.4 Å². The summed E-state index contributed by atoms with van der Waals surface area (Å²) < 4.78 is 58.5. The maximum atomic E-state index is 9.26. The van der Waals surface area contributed by atoms with Crippen molar-refractivity contribution in [3.8, 4) is 33.4 Å². The minimum Gasteiger partial charge on any atom is -0.456 e. The largest absolute Gasteiger partial charge is 0.456 e. The van der Waals surface area contributed by atoms with Crippen LogP contribution in [0.4, 0.5) is 0 Å². The number of fused-ring (bicyclic) bond motifs is 8. The van der Waals surface area contributed by atoms with Crippen molar-refractivity contribution < 1.29 is 12.6 Å². The van der Waals surface area contributed by atoms with Gasteiger partial charge in [-0.1, -0.05) is 145 Å². The van der Waals surface area contributed by atoms with Crippen molar-refractivity contribution in [3.05, 3.63) is 170 Å². The highest BCUT2D eigenvalue weighted by Crippen LogP contribution is 2.45. The first-order valence-corrected chi connectivity index (χ1v) is 15.7. The highest BCUT2D eigenvalue weighted by Gasteiger charge is 2.19. The zero-order chi connectivity index (χ0) is 36.1. The van der Waals surface area contributed by atoms with E-state index in [0.29, 0.717) is 16.4 Å². The lowest BCUT2D eigenvalue weighted by atomic mass is 9.85. The molecule has 1 nitrogen and oxygen atoms in total. The summed E-state index contributed by atoms with van der Waals surface area (Å²) in [6.07, 6.45) is 0. The molecule has 0 saturated heterocycles. The molecule has 0 spiro atoms. The maximum absolute atomic E-state index is 9.26. The lowest BCUT2D eigenvalue weighted by molar-refractivity contribution is 0.670. The van der Waals surface area contributed by atoms with E-state index in [1.165, 1.54) is 21.9 Å². The molecule has 1 heterocycles. The van der Waals surface area contributed by atoms with Crippen molar-refractivity contribution in [1.82, 2.24) is 0 Å². The van der Waals surface area contributed by atoms with Crippen molar-refractivity contribution >= 4 is 65.0 Å². The van der Waals surface area contributed by atoms with E-state index >= 15 is 0 Å². The average molecular weight is 603 g/mol. The predicted molar refractivity (Wildman–Crippen MR) is 200 cm³/mol. The van der Waals surface area contributed by atoms with Crippen LogP contribution in [0.3, 0.4) is 0 Å². The van der Waals surface area contributed by atoms with Crippen molar-refractivity contribution in [2.24, 2.45) is 0 Å². The fourth-order valence-corrected chi connectivity index (χ4v) is 7.34. The van der Waals surface area contributed by atoms with Gasteiger partial charge in [0.1, 0.15) is 11.2 Å². The van der Waals surface area contributed by atoms with Crippen LogP contribution in [0.25, 0.3) is 98.4 Å². The van der Waals surface area contributed by atoms with Gasteiger partial charge < -0.3 is 4.42 Å². The second-order valence-electron chi connectivity index (χ2n) is 11.9. The first kappa shape index (κ1) is 20.8. The minimum atomic E-state index is -0.436. The summed E-state index contributed by atoms with van der Waals surface area (Å²) in [7, 11) is 0. The van der Waals surface area contributed by atoms with Crippen LogP contribution in [0.5, 0.6) is 0 Å². The molecule has 0 unspecified atom stereocenters. The van der Waals surface area contributed by atoms with Crippen LogP contribution in [-0.2, 0) is 0 Å². The molecule has 47 heavy (non-hydrogen) atoms. The SMILES string of the molecule is [2H]c1c([2H])c([2H])c2c([2H])c3c(oc4cc(-c5cccc(-c6c7ccccc7c(-c7ccccc7)c7ccccc67)c5)c5ccccc5c43)c([2H])c2c1[2H]. The van der Waals surface area contributed by atoms with E-state index in [1.54, 1.807) is 0 Å². The third-order valence-electron chi connectivity index (χ3n) is 9.33. The second-order valence-corrected chi connectivity index (χ2v) is 11.9. The van der Waals surface area contributed by atoms with Gasteiger partial charge in [0, 0.05) is 10.8 Å². The normalized spacial score (nSPS) is 13.6. The standard InChI is InChI=1S/C46H28O/c1-2-13-29(14-3-1)44-36-21-8-10-23-38(36)45(39-24-11-9-22-37(39)44)33-18-12-17-32(25-33)40-28-43-46(35-20-7-6-19-34(35)40)41-26-30-15-4-5-16-31(30)27-42(41)47-43/h1-28H/i4D,5D,15D,16D,26D,27D. The first-order valence-electron chi connectivity index (χ1n) is 18.7. The summed E-state index contributed by atoms with van der Waals surface area (Å²) in [5.41, 5.74) is 7.11. The van der Waals surface area contributed by atoms with Gasteiger partial charge in [0.05, 0.1) is 8.22 Å². The minimum absolute atomic E-state index is 0.0116. The van der Waals surface area contributed by atoms with Gasteiger partial charge in [-0.2, -0.15) is 0 Å². The van der Waals surface area contributed by atoms with Gasteiger partial charge in [0.15, 0.2) is 0 Å². The van der Waals surface area contributed by atoms with Gasteiger partial charge in [0.2, 0.25) is 0 Å². The Balaban J connectivity index is 1.26. The van der Waals surface area contributed by atoms with Crippen molar-refractivity contribution in [2.45, 2.75) is 0 Å². The Morgan fingerprint density at radius 1 is 0.404 bits per heavy atom. The molecular formula is C46H28O. The maximum Gasteiger partial charge on any atom is 0.136 e. The molecule has 0 aliphatic rings. The average Bonchev–Trinajstić information content (AvgIpc) is 3.60. The fourth-order valence-electron chi connectivity index (χ4n) is 7.34. The molecule has 0 amide bonds. The van der Waals surface area contributed by atoms with Gasteiger partial charge in [-0.3, -0.25) is 0 Å². The Morgan fingerprint density at radius 3 is 1.62 bits per heavy atom. The van der Waals surface area contributed by atoms with Crippen LogP contribution in [0.2, 0.25) is 0 Å². The topological polar surface area (TPSA) is 13.1 Å². The van der Waals surface area contributed by atoms with E-state index in [-0.39, 0.29) is 40.5 Å². The highest BCUT2D eigenvalue weighted by molar-refractivity contribution is 6.24. The summed E-state index contributed by atoms with van der Waals surface area (Å²) in [6.45, 7) is 0. The third-order valence-corrected chi connectivity index (χ3v) is 9.33. The Labute approximate surface area is 280 Å². The molecule has 0 aliphatic carbocycles. The quantitative estimate of drug-likeness (QED) is 0.183. The molecule has 0 radical (unpaired) electrons. The molecule has 0 bridgehead atoms. The Kier molecular flexibility index (Phi) is 4.49. The van der Waals surface area contributed by atoms with Crippen LogP contribution in [0, 0.1) is 0 Å².